The number of rotatable bonds is 10. The van der Waals surface area contributed by atoms with Gasteiger partial charge in [0, 0.05) is 17.7 Å². The van der Waals surface area contributed by atoms with Crippen LogP contribution >= 0.6 is 0 Å². The zero-order valence-corrected chi connectivity index (χ0v) is 19.4. The molecule has 0 fully saturated rings. The maximum absolute atomic E-state index is 12.3. The van der Waals surface area contributed by atoms with E-state index in [0.717, 1.165) is 5.56 Å². The lowest BCUT2D eigenvalue weighted by Crippen LogP contribution is -2.33. The highest BCUT2D eigenvalue weighted by molar-refractivity contribution is 5.83. The summed E-state index contributed by atoms with van der Waals surface area (Å²) in [7, 11) is 0. The second kappa shape index (κ2) is 11.5. The number of furan rings is 1. The highest BCUT2D eigenvalue weighted by atomic mass is 16.6. The van der Waals surface area contributed by atoms with Crippen LogP contribution in [0.25, 0.3) is 11.3 Å². The van der Waals surface area contributed by atoms with Crippen LogP contribution in [-0.4, -0.2) is 23.1 Å². The van der Waals surface area contributed by atoms with Crippen LogP contribution in [0.3, 0.4) is 0 Å². The Morgan fingerprint density at radius 1 is 1.00 bits per heavy atom. The minimum Gasteiger partial charge on any atom is -0.489 e. The molecule has 0 bridgehead atoms. The van der Waals surface area contributed by atoms with E-state index >= 15 is 0 Å². The molecule has 0 saturated carbocycles. The van der Waals surface area contributed by atoms with Crippen LogP contribution in [0.1, 0.15) is 18.2 Å². The van der Waals surface area contributed by atoms with E-state index in [1.807, 2.05) is 30.3 Å². The van der Waals surface area contributed by atoms with Gasteiger partial charge in [-0.3, -0.25) is 14.9 Å². The number of hydrogen-bond acceptors (Lipinski definition) is 7. The van der Waals surface area contributed by atoms with Crippen LogP contribution in [0.15, 0.2) is 101 Å². The monoisotopic (exact) mass is 485 g/mol. The first kappa shape index (κ1) is 24.2. The highest BCUT2D eigenvalue weighted by Gasteiger charge is 2.14. The number of ether oxygens (including phenoxy) is 2. The lowest BCUT2D eigenvalue weighted by atomic mass is 10.1. The average molecular weight is 485 g/mol. The van der Waals surface area contributed by atoms with Crippen molar-refractivity contribution < 1.29 is 23.6 Å². The minimum absolute atomic E-state index is 0.00141. The second-order valence-electron chi connectivity index (χ2n) is 7.75. The molecular formula is C27H23N3O6. The number of nitrogens with zero attached hydrogens (tertiary/aromatic N) is 2. The molecule has 36 heavy (non-hydrogen) atoms. The smallest absolute Gasteiger partial charge is 0.280 e. The largest absolute Gasteiger partial charge is 0.489 e. The van der Waals surface area contributed by atoms with E-state index < -0.39 is 16.9 Å². The minimum atomic E-state index is -0.787. The van der Waals surface area contributed by atoms with Crippen molar-refractivity contribution in [2.45, 2.75) is 19.6 Å². The SMILES string of the molecule is C[C@H](Oc1ccc(OCc2ccccc2)cc1)C(=O)N/N=C\c1ccc(-c2ccc([N+](=O)[O-])cc2)o1. The molecule has 1 N–H and O–H groups in total. The van der Waals surface area contributed by atoms with Gasteiger partial charge in [0.05, 0.1) is 11.1 Å². The third-order valence-corrected chi connectivity index (χ3v) is 5.11. The standard InChI is InChI=1S/C27H23N3O6/c1-19(35-24-13-11-23(12-14-24)34-18-20-5-3-2-4-6-20)27(31)29-28-17-25-15-16-26(36-25)21-7-9-22(10-8-21)30(32)33/h2-17,19H,18H2,1H3,(H,29,31)/b28-17-/t19-/m0/s1. The number of nitro groups is 1. The molecule has 0 radical (unpaired) electrons. The Kier molecular flexibility index (Phi) is 7.72. The molecule has 9 heteroatoms. The van der Waals surface area contributed by atoms with Gasteiger partial charge in [-0.05, 0) is 61.0 Å². The first-order valence-corrected chi connectivity index (χ1v) is 11.1. The molecule has 0 saturated heterocycles. The van der Waals surface area contributed by atoms with E-state index in [9.17, 15) is 14.9 Å². The number of nitro benzene ring substituents is 1. The van der Waals surface area contributed by atoms with Crippen LogP contribution in [0, 0.1) is 10.1 Å². The third kappa shape index (κ3) is 6.57. The summed E-state index contributed by atoms with van der Waals surface area (Å²) in [5.41, 5.74) is 4.17. The number of nitrogens with one attached hydrogen (secondary N) is 1. The molecule has 1 atom stereocenters. The Morgan fingerprint density at radius 2 is 1.69 bits per heavy atom. The number of carbonyl (C=O) groups is 1. The summed E-state index contributed by atoms with van der Waals surface area (Å²) in [6.07, 6.45) is 0.573. The molecule has 182 valence electrons. The molecule has 1 amide bonds. The first-order valence-electron chi connectivity index (χ1n) is 11.1. The van der Waals surface area contributed by atoms with E-state index in [-0.39, 0.29) is 5.69 Å². The van der Waals surface area contributed by atoms with Gasteiger partial charge in [0.15, 0.2) is 6.10 Å². The summed E-state index contributed by atoms with van der Waals surface area (Å²) in [5.74, 6) is 1.71. The molecule has 4 aromatic rings. The van der Waals surface area contributed by atoms with Crippen molar-refractivity contribution in [3.63, 3.8) is 0 Å². The lowest BCUT2D eigenvalue weighted by molar-refractivity contribution is -0.384. The van der Waals surface area contributed by atoms with E-state index in [4.69, 9.17) is 13.9 Å². The molecule has 0 aliphatic carbocycles. The Hall–Kier alpha value is -4.92. The molecule has 1 heterocycles. The fourth-order valence-corrected chi connectivity index (χ4v) is 3.19. The molecule has 0 spiro atoms. The molecule has 0 aliphatic heterocycles. The van der Waals surface area contributed by atoms with Gasteiger partial charge in [-0.25, -0.2) is 5.43 Å². The molecule has 0 unspecified atom stereocenters. The lowest BCUT2D eigenvalue weighted by Gasteiger charge is -2.13. The van der Waals surface area contributed by atoms with E-state index in [1.54, 1.807) is 55.5 Å². The van der Waals surface area contributed by atoms with Gasteiger partial charge in [0.2, 0.25) is 0 Å². The van der Waals surface area contributed by atoms with Crippen molar-refractivity contribution >= 4 is 17.8 Å². The molecule has 9 nitrogen and oxygen atoms in total. The summed E-state index contributed by atoms with van der Waals surface area (Å²) in [5, 5.41) is 14.7. The second-order valence-corrected chi connectivity index (χ2v) is 7.75. The summed E-state index contributed by atoms with van der Waals surface area (Å²) >= 11 is 0. The first-order chi connectivity index (χ1) is 17.5. The maximum Gasteiger partial charge on any atom is 0.280 e. The topological polar surface area (TPSA) is 116 Å². The number of hydrogen-bond donors (Lipinski definition) is 1. The van der Waals surface area contributed by atoms with Crippen molar-refractivity contribution in [1.82, 2.24) is 5.43 Å². The van der Waals surface area contributed by atoms with E-state index in [2.05, 4.69) is 10.5 Å². The number of hydrazone groups is 1. The molecule has 1 aromatic heterocycles. The molecule has 4 rings (SSSR count). The predicted molar refractivity (Wildman–Crippen MR) is 134 cm³/mol. The van der Waals surface area contributed by atoms with Gasteiger partial charge in [-0.15, -0.1) is 0 Å². The van der Waals surface area contributed by atoms with Crippen molar-refractivity contribution in [3.05, 3.63) is 112 Å². The van der Waals surface area contributed by atoms with Gasteiger partial charge in [-0.2, -0.15) is 5.10 Å². The van der Waals surface area contributed by atoms with Crippen molar-refractivity contribution in [2.75, 3.05) is 0 Å². The summed E-state index contributed by atoms with van der Waals surface area (Å²) in [6.45, 7) is 2.08. The summed E-state index contributed by atoms with van der Waals surface area (Å²) < 4.78 is 17.1. The van der Waals surface area contributed by atoms with Gasteiger partial charge < -0.3 is 13.9 Å². The Balaban J connectivity index is 1.25. The Morgan fingerprint density at radius 3 is 2.39 bits per heavy atom. The van der Waals surface area contributed by atoms with E-state index in [0.29, 0.717) is 35.2 Å². The maximum atomic E-state index is 12.3. The molecular weight excluding hydrogens is 462 g/mol. The summed E-state index contributed by atoms with van der Waals surface area (Å²) in [4.78, 5) is 22.6. The normalized spacial score (nSPS) is 11.7. The van der Waals surface area contributed by atoms with Gasteiger partial charge >= 0.3 is 0 Å². The van der Waals surface area contributed by atoms with Gasteiger partial charge in [0.25, 0.3) is 11.6 Å². The molecule has 0 aliphatic rings. The Bertz CT molecular complexity index is 1330. The van der Waals surface area contributed by atoms with Crippen molar-refractivity contribution in [3.8, 4) is 22.8 Å². The van der Waals surface area contributed by atoms with Crippen LogP contribution in [0.2, 0.25) is 0 Å². The fraction of sp³-hybridized carbons (Fsp3) is 0.111. The zero-order valence-electron chi connectivity index (χ0n) is 19.4. The van der Waals surface area contributed by atoms with Crippen LogP contribution < -0.4 is 14.9 Å². The number of carbonyl (C=O) groups excluding carboxylic acids is 1. The predicted octanol–water partition coefficient (Wildman–Crippen LogP) is 5.35. The van der Waals surface area contributed by atoms with Gasteiger partial charge in [0.1, 0.15) is 29.6 Å². The highest BCUT2D eigenvalue weighted by Crippen LogP contribution is 2.24. The number of benzene rings is 3. The van der Waals surface area contributed by atoms with Crippen LogP contribution in [0.5, 0.6) is 11.5 Å². The third-order valence-electron chi connectivity index (χ3n) is 5.11. The quantitative estimate of drug-likeness (QED) is 0.184. The zero-order chi connectivity index (χ0) is 25.3. The van der Waals surface area contributed by atoms with Crippen LogP contribution in [0.4, 0.5) is 5.69 Å². The number of amides is 1. The average Bonchev–Trinajstić information content (AvgIpc) is 3.38. The van der Waals surface area contributed by atoms with Gasteiger partial charge in [-0.1, -0.05) is 30.3 Å². The molecule has 3 aromatic carbocycles. The fourth-order valence-electron chi connectivity index (χ4n) is 3.19. The van der Waals surface area contributed by atoms with Crippen LogP contribution in [-0.2, 0) is 11.4 Å². The summed E-state index contributed by atoms with van der Waals surface area (Å²) in [6, 6.07) is 26.3. The Labute approximate surface area is 207 Å². The number of non-ortho nitro benzene ring substituents is 1. The van der Waals surface area contributed by atoms with Crippen molar-refractivity contribution in [2.24, 2.45) is 5.10 Å². The van der Waals surface area contributed by atoms with Crippen molar-refractivity contribution in [1.29, 1.82) is 0 Å². The van der Waals surface area contributed by atoms with E-state index in [1.165, 1.54) is 18.3 Å².